The molecule has 21 heavy (non-hydrogen) atoms. The lowest BCUT2D eigenvalue weighted by Gasteiger charge is -2.09. The number of esters is 1. The average molecular weight is 286 g/mol. The number of hydrogen-bond donors (Lipinski definition) is 0. The largest absolute Gasteiger partial charge is 0.462 e. The number of carbonyl (C=O) groups excluding carboxylic acids is 1. The van der Waals surface area contributed by atoms with E-state index in [0.717, 1.165) is 15.8 Å². The van der Waals surface area contributed by atoms with E-state index in [1.54, 1.807) is 19.9 Å². The van der Waals surface area contributed by atoms with Crippen LogP contribution in [0.15, 0.2) is 41.2 Å². The quantitative estimate of drug-likeness (QED) is 0.808. The van der Waals surface area contributed by atoms with Crippen LogP contribution in [-0.4, -0.2) is 21.9 Å². The molecule has 0 aliphatic carbocycles. The van der Waals surface area contributed by atoms with Gasteiger partial charge in [-0.1, -0.05) is 29.8 Å². The van der Waals surface area contributed by atoms with Crippen LogP contribution in [0.4, 0.5) is 0 Å². The smallest absolute Gasteiger partial charge is 0.328 e. The van der Waals surface area contributed by atoms with Crippen LogP contribution in [0.3, 0.4) is 0 Å². The van der Waals surface area contributed by atoms with Gasteiger partial charge in [0.15, 0.2) is 0 Å². The van der Waals surface area contributed by atoms with Crippen LogP contribution in [0.1, 0.15) is 19.4 Å². The van der Waals surface area contributed by atoms with Crippen LogP contribution in [0.2, 0.25) is 0 Å². The van der Waals surface area contributed by atoms with Crippen molar-refractivity contribution in [3.63, 3.8) is 0 Å². The molecule has 0 fully saturated rings. The Balaban J connectivity index is 2.27. The summed E-state index contributed by atoms with van der Waals surface area (Å²) in [5.74, 6) is -0.472. The Hall–Kier alpha value is -2.43. The van der Waals surface area contributed by atoms with Crippen molar-refractivity contribution in [3.05, 3.63) is 52.3 Å². The minimum atomic E-state index is -0.472. The second-order valence-electron chi connectivity index (χ2n) is 5.12. The molecule has 0 atom stereocenters. The molecule has 0 unspecified atom stereocenters. The molecule has 5 heteroatoms. The third-order valence-corrected chi connectivity index (χ3v) is 2.86. The number of aromatic nitrogens is 2. The summed E-state index contributed by atoms with van der Waals surface area (Å²) in [5.41, 5.74) is 2.36. The van der Waals surface area contributed by atoms with Crippen molar-refractivity contribution in [2.75, 3.05) is 0 Å². The maximum atomic E-state index is 11.8. The van der Waals surface area contributed by atoms with Gasteiger partial charge < -0.3 is 4.74 Å². The summed E-state index contributed by atoms with van der Waals surface area (Å²) in [6, 6.07) is 10.9. The predicted octanol–water partition coefficient (Wildman–Crippen LogP) is 2.17. The van der Waals surface area contributed by atoms with E-state index in [1.165, 1.54) is 6.07 Å². The molecule has 0 spiro atoms. The predicted molar refractivity (Wildman–Crippen MR) is 79.9 cm³/mol. The molecule has 5 nitrogen and oxygen atoms in total. The lowest BCUT2D eigenvalue weighted by atomic mass is 10.1. The van der Waals surface area contributed by atoms with Crippen LogP contribution in [-0.2, 0) is 16.1 Å². The van der Waals surface area contributed by atoms with E-state index in [9.17, 15) is 9.59 Å². The van der Waals surface area contributed by atoms with Crippen LogP contribution < -0.4 is 5.56 Å². The second kappa shape index (κ2) is 6.35. The molecule has 1 aromatic heterocycles. The van der Waals surface area contributed by atoms with E-state index in [-0.39, 0.29) is 18.2 Å². The second-order valence-corrected chi connectivity index (χ2v) is 5.12. The van der Waals surface area contributed by atoms with E-state index in [2.05, 4.69) is 5.10 Å². The highest BCUT2D eigenvalue weighted by atomic mass is 16.5. The summed E-state index contributed by atoms with van der Waals surface area (Å²) in [7, 11) is 0. The topological polar surface area (TPSA) is 61.2 Å². The third kappa shape index (κ3) is 4.02. The Labute approximate surface area is 123 Å². The summed E-state index contributed by atoms with van der Waals surface area (Å²) in [5, 5.41) is 4.22. The number of ether oxygens (including phenoxy) is 1. The average Bonchev–Trinajstić information content (AvgIpc) is 2.41. The van der Waals surface area contributed by atoms with Gasteiger partial charge in [-0.05, 0) is 26.8 Å². The Morgan fingerprint density at radius 2 is 1.86 bits per heavy atom. The first-order chi connectivity index (χ1) is 9.95. The standard InChI is InChI=1S/C16H18N2O3/c1-11(2)21-16(20)10-18-15(19)9-8-14(17-18)13-6-4-12(3)5-7-13/h4-9,11H,10H2,1-3H3. The fourth-order valence-corrected chi connectivity index (χ4v) is 1.86. The first-order valence-electron chi connectivity index (χ1n) is 6.80. The van der Waals surface area contributed by atoms with E-state index in [4.69, 9.17) is 4.74 Å². The molecule has 0 aliphatic rings. The van der Waals surface area contributed by atoms with Crippen molar-refractivity contribution in [2.24, 2.45) is 0 Å². The van der Waals surface area contributed by atoms with Gasteiger partial charge >= 0.3 is 5.97 Å². The van der Waals surface area contributed by atoms with Crippen molar-refractivity contribution in [2.45, 2.75) is 33.4 Å². The van der Waals surface area contributed by atoms with E-state index in [0.29, 0.717) is 5.69 Å². The SMILES string of the molecule is Cc1ccc(-c2ccc(=O)n(CC(=O)OC(C)C)n2)cc1. The van der Waals surface area contributed by atoms with Gasteiger partial charge in [-0.3, -0.25) is 9.59 Å². The Morgan fingerprint density at radius 1 is 1.19 bits per heavy atom. The Kier molecular flexibility index (Phi) is 4.52. The summed E-state index contributed by atoms with van der Waals surface area (Å²) < 4.78 is 6.16. The number of aryl methyl sites for hydroxylation is 1. The lowest BCUT2D eigenvalue weighted by molar-refractivity contribution is -0.148. The Morgan fingerprint density at radius 3 is 2.48 bits per heavy atom. The fraction of sp³-hybridized carbons (Fsp3) is 0.312. The molecule has 0 bridgehead atoms. The molecular formula is C16H18N2O3. The normalized spacial score (nSPS) is 10.7. The first-order valence-corrected chi connectivity index (χ1v) is 6.80. The molecule has 0 radical (unpaired) electrons. The van der Waals surface area contributed by atoms with Gasteiger partial charge in [0.2, 0.25) is 0 Å². The van der Waals surface area contributed by atoms with Gasteiger partial charge in [0.1, 0.15) is 6.54 Å². The van der Waals surface area contributed by atoms with Gasteiger partial charge in [-0.2, -0.15) is 5.10 Å². The number of carbonyl (C=O) groups is 1. The number of rotatable bonds is 4. The summed E-state index contributed by atoms with van der Waals surface area (Å²) in [6.45, 7) is 5.34. The molecule has 0 saturated carbocycles. The molecule has 0 aliphatic heterocycles. The van der Waals surface area contributed by atoms with Crippen molar-refractivity contribution < 1.29 is 9.53 Å². The van der Waals surface area contributed by atoms with Crippen molar-refractivity contribution in [1.82, 2.24) is 9.78 Å². The number of hydrogen-bond acceptors (Lipinski definition) is 4. The Bertz CT molecular complexity index is 687. The van der Waals surface area contributed by atoms with Gasteiger partial charge in [0.25, 0.3) is 5.56 Å². The van der Waals surface area contributed by atoms with Crippen LogP contribution in [0.5, 0.6) is 0 Å². The van der Waals surface area contributed by atoms with Gasteiger partial charge in [0.05, 0.1) is 11.8 Å². The zero-order valence-electron chi connectivity index (χ0n) is 12.4. The zero-order valence-corrected chi connectivity index (χ0v) is 12.4. The minimum absolute atomic E-state index is 0.184. The summed E-state index contributed by atoms with van der Waals surface area (Å²) in [4.78, 5) is 23.4. The highest BCUT2D eigenvalue weighted by molar-refractivity contribution is 5.69. The van der Waals surface area contributed by atoms with Crippen LogP contribution >= 0.6 is 0 Å². The molecule has 1 heterocycles. The highest BCUT2D eigenvalue weighted by Crippen LogP contribution is 2.15. The van der Waals surface area contributed by atoms with Gasteiger partial charge in [-0.25, -0.2) is 4.68 Å². The maximum Gasteiger partial charge on any atom is 0.328 e. The molecule has 0 saturated heterocycles. The molecule has 0 N–H and O–H groups in total. The summed E-state index contributed by atoms with van der Waals surface area (Å²) >= 11 is 0. The molecular weight excluding hydrogens is 268 g/mol. The van der Waals surface area contributed by atoms with Crippen LogP contribution in [0.25, 0.3) is 11.3 Å². The summed E-state index contributed by atoms with van der Waals surface area (Å²) in [6.07, 6.45) is -0.214. The van der Waals surface area contributed by atoms with Crippen molar-refractivity contribution in [3.8, 4) is 11.3 Å². The van der Waals surface area contributed by atoms with Crippen LogP contribution in [0, 0.1) is 6.92 Å². The van der Waals surface area contributed by atoms with Gasteiger partial charge in [0, 0.05) is 11.6 Å². The fourth-order valence-electron chi connectivity index (χ4n) is 1.86. The number of benzene rings is 1. The van der Waals surface area contributed by atoms with Gasteiger partial charge in [-0.15, -0.1) is 0 Å². The minimum Gasteiger partial charge on any atom is -0.462 e. The molecule has 2 rings (SSSR count). The molecule has 2 aromatic rings. The zero-order chi connectivity index (χ0) is 15.4. The highest BCUT2D eigenvalue weighted by Gasteiger charge is 2.10. The van der Waals surface area contributed by atoms with Crippen molar-refractivity contribution >= 4 is 5.97 Å². The van der Waals surface area contributed by atoms with E-state index < -0.39 is 5.97 Å². The molecule has 110 valence electrons. The monoisotopic (exact) mass is 286 g/mol. The number of nitrogens with zero attached hydrogens (tertiary/aromatic N) is 2. The van der Waals surface area contributed by atoms with E-state index >= 15 is 0 Å². The molecule has 1 aromatic carbocycles. The van der Waals surface area contributed by atoms with Crippen molar-refractivity contribution in [1.29, 1.82) is 0 Å². The first kappa shape index (κ1) is 15.0. The lowest BCUT2D eigenvalue weighted by Crippen LogP contribution is -2.28. The van der Waals surface area contributed by atoms with E-state index in [1.807, 2.05) is 31.2 Å². The third-order valence-electron chi connectivity index (χ3n) is 2.86. The molecule has 0 amide bonds. The maximum absolute atomic E-state index is 11.8.